The second-order valence-corrected chi connectivity index (χ2v) is 12.1. The van der Waals surface area contributed by atoms with Crippen LogP contribution in [0.5, 0.6) is 5.75 Å². The molecule has 0 bridgehead atoms. The fraction of sp³-hybridized carbons (Fsp3) is 0.355. The molecule has 0 fully saturated rings. The molecule has 3 rings (SSSR count). The fourth-order valence-electron chi connectivity index (χ4n) is 4.28. The summed E-state index contributed by atoms with van der Waals surface area (Å²) in [7, 11) is -4.29. The molecule has 0 saturated heterocycles. The highest BCUT2D eigenvalue weighted by Gasteiger charge is 2.34. The van der Waals surface area contributed by atoms with Crippen LogP contribution in [-0.2, 0) is 26.2 Å². The molecule has 3 aromatic carbocycles. The Hall–Kier alpha value is -3.63. The van der Waals surface area contributed by atoms with E-state index in [2.05, 4.69) is 5.32 Å². The van der Waals surface area contributed by atoms with E-state index in [1.54, 1.807) is 31.2 Å². The molecule has 2 amide bonds. The number of hydrogen-bond acceptors (Lipinski definition) is 5. The Labute approximate surface area is 252 Å². The molecule has 1 N–H and O–H groups in total. The molecular weight excluding hydrogens is 581 g/mol. The van der Waals surface area contributed by atoms with Crippen LogP contribution in [0.4, 0.5) is 10.1 Å². The van der Waals surface area contributed by atoms with E-state index in [9.17, 15) is 22.4 Å². The molecule has 11 heteroatoms. The van der Waals surface area contributed by atoms with Gasteiger partial charge in [0, 0.05) is 17.6 Å². The molecule has 8 nitrogen and oxygen atoms in total. The molecule has 2 unspecified atom stereocenters. The van der Waals surface area contributed by atoms with Crippen molar-refractivity contribution in [1.82, 2.24) is 10.2 Å². The number of rotatable bonds is 14. The largest absolute Gasteiger partial charge is 0.494 e. The van der Waals surface area contributed by atoms with Gasteiger partial charge in [0.2, 0.25) is 11.8 Å². The first kappa shape index (κ1) is 32.9. The summed E-state index contributed by atoms with van der Waals surface area (Å²) in [6.07, 6.45) is 0.996. The minimum absolute atomic E-state index is 0.0444. The number of anilines is 1. The molecule has 42 heavy (non-hydrogen) atoms. The summed E-state index contributed by atoms with van der Waals surface area (Å²) in [5.74, 6) is -1.000. The second kappa shape index (κ2) is 15.0. The summed E-state index contributed by atoms with van der Waals surface area (Å²) in [5, 5.41) is 3.45. The Morgan fingerprint density at radius 3 is 2.10 bits per heavy atom. The van der Waals surface area contributed by atoms with E-state index in [4.69, 9.17) is 16.3 Å². The standard InChI is InChI=1S/C31H37ClFN3O5S/c1-5-22(4)34-31(38)29(6-2)35(20-23-8-10-24(32)11-9-23)30(37)21-36(26-14-12-25(33)13-15-26)42(39,40)28-18-16-27(17-19-28)41-7-3/h8-19,22,29H,5-7,20-21H2,1-4H3,(H,34,38). The minimum atomic E-state index is -4.29. The molecule has 0 heterocycles. The first-order valence-electron chi connectivity index (χ1n) is 13.9. The van der Waals surface area contributed by atoms with E-state index in [1.807, 2.05) is 20.8 Å². The van der Waals surface area contributed by atoms with Gasteiger partial charge in [-0.05, 0) is 92.9 Å². The lowest BCUT2D eigenvalue weighted by molar-refractivity contribution is -0.140. The van der Waals surface area contributed by atoms with Crippen LogP contribution in [0.25, 0.3) is 0 Å². The Kier molecular flexibility index (Phi) is 11.8. The summed E-state index contributed by atoms with van der Waals surface area (Å²) in [4.78, 5) is 28.7. The predicted molar refractivity (Wildman–Crippen MR) is 163 cm³/mol. The monoisotopic (exact) mass is 617 g/mol. The van der Waals surface area contributed by atoms with Gasteiger partial charge in [0.15, 0.2) is 0 Å². The van der Waals surface area contributed by atoms with E-state index < -0.39 is 34.3 Å². The topological polar surface area (TPSA) is 96.0 Å². The number of nitrogens with one attached hydrogen (secondary N) is 1. The van der Waals surface area contributed by atoms with Crippen LogP contribution in [0.15, 0.2) is 77.7 Å². The molecule has 0 spiro atoms. The Bertz CT molecular complexity index is 1430. The zero-order chi connectivity index (χ0) is 30.9. The third kappa shape index (κ3) is 8.45. The maximum Gasteiger partial charge on any atom is 0.264 e. The van der Waals surface area contributed by atoms with E-state index in [0.29, 0.717) is 35.8 Å². The summed E-state index contributed by atoms with van der Waals surface area (Å²) >= 11 is 6.06. The van der Waals surface area contributed by atoms with Crippen molar-refractivity contribution < 1.29 is 27.1 Å². The SMILES string of the molecule is CCOc1ccc(S(=O)(=O)N(CC(=O)N(Cc2ccc(Cl)cc2)C(CC)C(=O)NC(C)CC)c2ccc(F)cc2)cc1. The van der Waals surface area contributed by atoms with Gasteiger partial charge >= 0.3 is 0 Å². The summed E-state index contributed by atoms with van der Waals surface area (Å²) in [6, 6.07) is 16.6. The third-order valence-electron chi connectivity index (χ3n) is 6.77. The van der Waals surface area contributed by atoms with Gasteiger partial charge in [0.1, 0.15) is 24.2 Å². The summed E-state index contributed by atoms with van der Waals surface area (Å²) in [5.41, 5.74) is 0.812. The molecule has 0 aliphatic carbocycles. The average molecular weight is 618 g/mol. The van der Waals surface area contributed by atoms with Gasteiger partial charge in [-0.1, -0.05) is 37.6 Å². The van der Waals surface area contributed by atoms with Crippen LogP contribution in [0, 0.1) is 5.82 Å². The number of carbonyl (C=O) groups excluding carboxylic acids is 2. The van der Waals surface area contributed by atoms with Crippen molar-refractivity contribution in [2.24, 2.45) is 0 Å². The highest BCUT2D eigenvalue weighted by molar-refractivity contribution is 7.92. The van der Waals surface area contributed by atoms with Crippen molar-refractivity contribution in [3.63, 3.8) is 0 Å². The molecule has 0 aliphatic heterocycles. The van der Waals surface area contributed by atoms with E-state index in [-0.39, 0.29) is 29.1 Å². The van der Waals surface area contributed by atoms with Gasteiger partial charge in [0.05, 0.1) is 17.2 Å². The third-order valence-corrected chi connectivity index (χ3v) is 8.81. The number of nitrogens with zero attached hydrogens (tertiary/aromatic N) is 2. The van der Waals surface area contributed by atoms with Crippen molar-refractivity contribution in [2.45, 2.75) is 64.1 Å². The lowest BCUT2D eigenvalue weighted by Crippen LogP contribution is -2.53. The average Bonchev–Trinajstić information content (AvgIpc) is 2.97. The molecule has 2 atom stereocenters. The lowest BCUT2D eigenvalue weighted by Gasteiger charge is -2.33. The number of halogens is 2. The molecule has 0 aromatic heterocycles. The molecule has 226 valence electrons. The van der Waals surface area contributed by atoms with Crippen molar-refractivity contribution in [1.29, 1.82) is 0 Å². The van der Waals surface area contributed by atoms with Crippen molar-refractivity contribution >= 4 is 39.1 Å². The highest BCUT2D eigenvalue weighted by Crippen LogP contribution is 2.26. The molecule has 0 saturated carbocycles. The van der Waals surface area contributed by atoms with Crippen LogP contribution in [0.1, 0.15) is 46.1 Å². The van der Waals surface area contributed by atoms with Gasteiger partial charge in [-0.2, -0.15) is 0 Å². The zero-order valence-corrected chi connectivity index (χ0v) is 25.8. The first-order chi connectivity index (χ1) is 20.0. The van der Waals surface area contributed by atoms with Crippen LogP contribution in [0.2, 0.25) is 5.02 Å². The normalized spacial score (nSPS) is 12.7. The van der Waals surface area contributed by atoms with Gasteiger partial charge in [0.25, 0.3) is 10.0 Å². The minimum Gasteiger partial charge on any atom is -0.494 e. The summed E-state index contributed by atoms with van der Waals surface area (Å²) < 4.78 is 48.0. The first-order valence-corrected chi connectivity index (χ1v) is 15.7. The van der Waals surface area contributed by atoms with Crippen LogP contribution in [0.3, 0.4) is 0 Å². The van der Waals surface area contributed by atoms with Gasteiger partial charge < -0.3 is 15.0 Å². The fourth-order valence-corrected chi connectivity index (χ4v) is 5.83. The van der Waals surface area contributed by atoms with Gasteiger partial charge in [-0.3, -0.25) is 13.9 Å². The zero-order valence-electron chi connectivity index (χ0n) is 24.2. The van der Waals surface area contributed by atoms with Crippen molar-refractivity contribution in [2.75, 3.05) is 17.5 Å². The van der Waals surface area contributed by atoms with E-state index in [1.165, 1.54) is 41.3 Å². The maximum atomic E-state index is 14.1. The quantitative estimate of drug-likeness (QED) is 0.247. The Morgan fingerprint density at radius 2 is 1.55 bits per heavy atom. The molecule has 0 aliphatic rings. The van der Waals surface area contributed by atoms with Crippen LogP contribution >= 0.6 is 11.6 Å². The number of benzene rings is 3. The number of hydrogen-bond donors (Lipinski definition) is 1. The van der Waals surface area contributed by atoms with Gasteiger partial charge in [-0.25, -0.2) is 12.8 Å². The van der Waals surface area contributed by atoms with E-state index >= 15 is 0 Å². The number of ether oxygens (including phenoxy) is 1. The second-order valence-electron chi connectivity index (χ2n) is 9.78. The number of carbonyl (C=O) groups is 2. The van der Waals surface area contributed by atoms with Crippen LogP contribution < -0.4 is 14.4 Å². The van der Waals surface area contributed by atoms with E-state index in [0.717, 1.165) is 16.4 Å². The number of amides is 2. The molecular formula is C31H37ClFN3O5S. The lowest BCUT2D eigenvalue weighted by atomic mass is 10.1. The summed E-state index contributed by atoms with van der Waals surface area (Å²) in [6.45, 7) is 7.25. The number of sulfonamides is 1. The van der Waals surface area contributed by atoms with Crippen LogP contribution in [-0.4, -0.2) is 50.4 Å². The molecule has 3 aromatic rings. The smallest absolute Gasteiger partial charge is 0.264 e. The van der Waals surface area contributed by atoms with Crippen molar-refractivity contribution in [3.05, 3.63) is 89.2 Å². The maximum absolute atomic E-state index is 14.1. The Balaban J connectivity index is 2.04. The highest BCUT2D eigenvalue weighted by atomic mass is 35.5. The molecule has 0 radical (unpaired) electrons. The predicted octanol–water partition coefficient (Wildman–Crippen LogP) is 5.80. The van der Waals surface area contributed by atoms with Crippen molar-refractivity contribution in [3.8, 4) is 5.75 Å². The van der Waals surface area contributed by atoms with Gasteiger partial charge in [-0.15, -0.1) is 0 Å². The Morgan fingerprint density at radius 1 is 0.929 bits per heavy atom.